The summed E-state index contributed by atoms with van der Waals surface area (Å²) in [5.41, 5.74) is 1.23. The van der Waals surface area contributed by atoms with E-state index in [1.807, 2.05) is 25.1 Å². The summed E-state index contributed by atoms with van der Waals surface area (Å²) in [4.78, 5) is 4.14. The Labute approximate surface area is 115 Å². The van der Waals surface area contributed by atoms with Gasteiger partial charge < -0.3 is 9.64 Å². The van der Waals surface area contributed by atoms with Gasteiger partial charge in [0, 0.05) is 38.3 Å². The van der Waals surface area contributed by atoms with Gasteiger partial charge in [-0.2, -0.15) is 5.26 Å². The van der Waals surface area contributed by atoms with Crippen LogP contribution in [0.25, 0.3) is 0 Å². The van der Waals surface area contributed by atoms with E-state index < -0.39 is 0 Å². The van der Waals surface area contributed by atoms with Crippen LogP contribution in [0.15, 0.2) is 24.3 Å². The molecular weight excluding hydrogens is 238 g/mol. The second-order valence-electron chi connectivity index (χ2n) is 4.95. The summed E-state index contributed by atoms with van der Waals surface area (Å²) in [5.74, 6) is 0.991. The van der Waals surface area contributed by atoms with Crippen LogP contribution in [-0.2, 0) is 6.54 Å². The number of likely N-dealkylation sites (N-methyl/N-ethyl adjacent to an activating group) is 1. The van der Waals surface area contributed by atoms with E-state index in [1.165, 1.54) is 5.56 Å². The van der Waals surface area contributed by atoms with Gasteiger partial charge in [-0.1, -0.05) is 18.2 Å². The van der Waals surface area contributed by atoms with Crippen LogP contribution < -0.4 is 4.74 Å². The van der Waals surface area contributed by atoms with Gasteiger partial charge in [0.15, 0.2) is 6.19 Å². The summed E-state index contributed by atoms with van der Waals surface area (Å²) in [6.07, 6.45) is 2.39. The highest BCUT2D eigenvalue weighted by Gasteiger charge is 2.19. The van der Waals surface area contributed by atoms with Crippen molar-refractivity contribution in [2.24, 2.45) is 0 Å². The zero-order chi connectivity index (χ0) is 13.7. The first-order valence-electron chi connectivity index (χ1n) is 6.84. The molecule has 0 spiro atoms. The van der Waals surface area contributed by atoms with Crippen LogP contribution in [0.1, 0.15) is 19.4 Å². The normalized spacial score (nSPS) is 18.9. The Balaban J connectivity index is 2.01. The minimum absolute atomic E-state index is 0.181. The maximum absolute atomic E-state index is 8.95. The molecule has 1 aliphatic heterocycles. The van der Waals surface area contributed by atoms with Crippen molar-refractivity contribution in [1.82, 2.24) is 9.80 Å². The van der Waals surface area contributed by atoms with Crippen LogP contribution in [0.5, 0.6) is 5.75 Å². The third-order valence-corrected chi connectivity index (χ3v) is 3.42. The van der Waals surface area contributed by atoms with Crippen LogP contribution in [-0.4, -0.2) is 42.1 Å². The lowest BCUT2D eigenvalue weighted by atomic mass is 10.2. The average Bonchev–Trinajstić information content (AvgIpc) is 2.57. The molecule has 4 nitrogen and oxygen atoms in total. The predicted octanol–water partition coefficient (Wildman–Crippen LogP) is 2.07. The van der Waals surface area contributed by atoms with Crippen LogP contribution >= 0.6 is 0 Å². The molecule has 0 amide bonds. The summed E-state index contributed by atoms with van der Waals surface area (Å²) < 4.78 is 5.93. The minimum Gasteiger partial charge on any atom is -0.489 e. The van der Waals surface area contributed by atoms with E-state index in [4.69, 9.17) is 10.00 Å². The van der Waals surface area contributed by atoms with Gasteiger partial charge in [0.1, 0.15) is 11.9 Å². The molecule has 1 heterocycles. The molecule has 1 aromatic carbocycles. The molecule has 0 saturated carbocycles. The molecule has 0 fully saturated rings. The molecule has 0 aromatic heterocycles. The van der Waals surface area contributed by atoms with Crippen LogP contribution in [0.4, 0.5) is 0 Å². The Hall–Kier alpha value is -1.73. The number of fused-ring (bicyclic) bond motifs is 1. The molecule has 4 heteroatoms. The molecule has 0 bridgehead atoms. The van der Waals surface area contributed by atoms with Gasteiger partial charge in [0.05, 0.1) is 0 Å². The zero-order valence-corrected chi connectivity index (χ0v) is 11.7. The highest BCUT2D eigenvalue weighted by molar-refractivity contribution is 5.34. The number of para-hydroxylation sites is 1. The van der Waals surface area contributed by atoms with E-state index in [1.54, 1.807) is 4.90 Å². The van der Waals surface area contributed by atoms with Crippen molar-refractivity contribution in [2.45, 2.75) is 26.5 Å². The molecule has 0 saturated heterocycles. The standard InChI is InChI=1S/C15H21N3O/c1-3-17(12-16)8-9-18-10-13(2)19-15-7-5-4-6-14(15)11-18/h4-7,13H,3,8-11H2,1-2H3. The van der Waals surface area contributed by atoms with Crippen molar-refractivity contribution in [3.05, 3.63) is 29.8 Å². The van der Waals surface area contributed by atoms with Gasteiger partial charge in [0.25, 0.3) is 0 Å². The summed E-state index contributed by atoms with van der Waals surface area (Å²) >= 11 is 0. The smallest absolute Gasteiger partial charge is 0.179 e. The van der Waals surface area contributed by atoms with Crippen LogP contribution in [0.3, 0.4) is 0 Å². The van der Waals surface area contributed by atoms with Gasteiger partial charge in [-0.3, -0.25) is 4.90 Å². The Morgan fingerprint density at radius 1 is 1.47 bits per heavy atom. The van der Waals surface area contributed by atoms with Crippen molar-refractivity contribution in [3.63, 3.8) is 0 Å². The zero-order valence-electron chi connectivity index (χ0n) is 11.7. The summed E-state index contributed by atoms with van der Waals surface area (Å²) in [7, 11) is 0. The number of nitriles is 1. The van der Waals surface area contributed by atoms with Crippen molar-refractivity contribution < 1.29 is 4.74 Å². The van der Waals surface area contributed by atoms with E-state index >= 15 is 0 Å². The topological polar surface area (TPSA) is 39.5 Å². The SMILES string of the molecule is CCN(C#N)CCN1Cc2ccccc2OC(C)C1. The van der Waals surface area contributed by atoms with Crippen LogP contribution in [0, 0.1) is 11.5 Å². The minimum atomic E-state index is 0.181. The number of rotatable bonds is 4. The first-order chi connectivity index (χ1) is 9.22. The van der Waals surface area contributed by atoms with Crippen molar-refractivity contribution in [1.29, 1.82) is 5.26 Å². The van der Waals surface area contributed by atoms with E-state index in [9.17, 15) is 0 Å². The third kappa shape index (κ3) is 3.62. The van der Waals surface area contributed by atoms with Crippen molar-refractivity contribution in [3.8, 4) is 11.9 Å². The maximum Gasteiger partial charge on any atom is 0.179 e. The molecular formula is C15H21N3O. The average molecular weight is 259 g/mol. The highest BCUT2D eigenvalue weighted by atomic mass is 16.5. The van der Waals surface area contributed by atoms with Crippen LogP contribution in [0.2, 0.25) is 0 Å². The Kier molecular flexibility index (Phi) is 4.64. The van der Waals surface area contributed by atoms with Crippen molar-refractivity contribution >= 4 is 0 Å². The molecule has 102 valence electrons. The predicted molar refractivity (Wildman–Crippen MR) is 74.7 cm³/mol. The molecule has 0 N–H and O–H groups in total. The van der Waals surface area contributed by atoms with Gasteiger partial charge >= 0.3 is 0 Å². The third-order valence-electron chi connectivity index (χ3n) is 3.42. The number of nitrogens with zero attached hydrogens (tertiary/aromatic N) is 3. The summed E-state index contributed by atoms with van der Waals surface area (Å²) in [5, 5.41) is 8.95. The van der Waals surface area contributed by atoms with E-state index in [0.717, 1.165) is 38.5 Å². The quantitative estimate of drug-likeness (QED) is 0.613. The fourth-order valence-electron chi connectivity index (χ4n) is 2.38. The lowest BCUT2D eigenvalue weighted by molar-refractivity contribution is 0.154. The van der Waals surface area contributed by atoms with Gasteiger partial charge in [-0.15, -0.1) is 0 Å². The Morgan fingerprint density at radius 3 is 3.00 bits per heavy atom. The van der Waals surface area contributed by atoms with Crippen molar-refractivity contribution in [2.75, 3.05) is 26.2 Å². The fourth-order valence-corrected chi connectivity index (χ4v) is 2.38. The number of benzene rings is 1. The second kappa shape index (κ2) is 6.44. The molecule has 19 heavy (non-hydrogen) atoms. The maximum atomic E-state index is 8.95. The lowest BCUT2D eigenvalue weighted by Gasteiger charge is -2.24. The number of hydrogen-bond acceptors (Lipinski definition) is 4. The van der Waals surface area contributed by atoms with E-state index in [-0.39, 0.29) is 6.10 Å². The molecule has 1 aromatic rings. The molecule has 0 aliphatic carbocycles. The first kappa shape index (κ1) is 13.7. The lowest BCUT2D eigenvalue weighted by Crippen LogP contribution is -2.36. The van der Waals surface area contributed by atoms with Gasteiger partial charge in [-0.05, 0) is 19.9 Å². The summed E-state index contributed by atoms with van der Waals surface area (Å²) in [6, 6.07) is 8.20. The fraction of sp³-hybridized carbons (Fsp3) is 0.533. The highest BCUT2D eigenvalue weighted by Crippen LogP contribution is 2.24. The second-order valence-corrected chi connectivity index (χ2v) is 4.95. The van der Waals surface area contributed by atoms with E-state index in [0.29, 0.717) is 0 Å². The van der Waals surface area contributed by atoms with E-state index in [2.05, 4.69) is 24.1 Å². The molecule has 1 unspecified atom stereocenters. The van der Waals surface area contributed by atoms with Gasteiger partial charge in [-0.25, -0.2) is 0 Å². The Bertz CT molecular complexity index is 455. The number of hydrogen-bond donors (Lipinski definition) is 0. The number of ether oxygens (including phenoxy) is 1. The molecule has 2 rings (SSSR count). The first-order valence-corrected chi connectivity index (χ1v) is 6.84. The monoisotopic (exact) mass is 259 g/mol. The van der Waals surface area contributed by atoms with Gasteiger partial charge in [0.2, 0.25) is 0 Å². The summed E-state index contributed by atoms with van der Waals surface area (Å²) in [6.45, 7) is 8.34. The largest absolute Gasteiger partial charge is 0.489 e. The molecule has 1 atom stereocenters. The molecule has 1 aliphatic rings. The molecule has 0 radical (unpaired) electrons. The Morgan fingerprint density at radius 2 is 2.26 bits per heavy atom.